The lowest BCUT2D eigenvalue weighted by Crippen LogP contribution is -2.23. The number of amides is 1. The number of nitrogens with one attached hydrogen (secondary N) is 1. The maximum atomic E-state index is 12.4. The van der Waals surface area contributed by atoms with E-state index in [0.29, 0.717) is 17.3 Å². The first kappa shape index (κ1) is 19.8. The monoisotopic (exact) mass is 420 g/mol. The first-order valence-electron chi connectivity index (χ1n) is 9.53. The van der Waals surface area contributed by atoms with Gasteiger partial charge in [0.2, 0.25) is 0 Å². The number of benzene rings is 2. The van der Waals surface area contributed by atoms with E-state index in [1.54, 1.807) is 4.68 Å². The fraction of sp³-hybridized carbons (Fsp3) is 0.182. The first-order chi connectivity index (χ1) is 14.5. The van der Waals surface area contributed by atoms with Crippen LogP contribution in [0.2, 0.25) is 5.15 Å². The molecule has 1 amide bonds. The van der Waals surface area contributed by atoms with Crippen LogP contribution in [0.3, 0.4) is 0 Å². The van der Waals surface area contributed by atoms with Gasteiger partial charge in [-0.05, 0) is 31.5 Å². The van der Waals surface area contributed by atoms with Crippen molar-refractivity contribution in [1.29, 1.82) is 0 Å². The summed E-state index contributed by atoms with van der Waals surface area (Å²) in [6, 6.07) is 17.7. The summed E-state index contributed by atoms with van der Waals surface area (Å²) in [7, 11) is 0. The van der Waals surface area contributed by atoms with E-state index in [0.717, 1.165) is 28.1 Å². The molecule has 0 aliphatic carbocycles. The van der Waals surface area contributed by atoms with Gasteiger partial charge in [-0.15, -0.1) is 0 Å². The number of aromatic nitrogens is 4. The molecule has 7 nitrogen and oxygen atoms in total. The van der Waals surface area contributed by atoms with E-state index in [9.17, 15) is 4.79 Å². The SMILES string of the molecule is Cc1nn(Cc2ccccc2)c(Cl)c1/C=N\NC(=O)Cn1c(C)nc2ccccc21. The summed E-state index contributed by atoms with van der Waals surface area (Å²) in [5.41, 5.74) is 6.85. The maximum absolute atomic E-state index is 12.4. The highest BCUT2D eigenvalue weighted by molar-refractivity contribution is 6.32. The third kappa shape index (κ3) is 4.11. The second-order valence-electron chi connectivity index (χ2n) is 6.96. The molecule has 0 unspecified atom stereocenters. The molecule has 0 atom stereocenters. The maximum Gasteiger partial charge on any atom is 0.260 e. The van der Waals surface area contributed by atoms with E-state index >= 15 is 0 Å². The molecular weight excluding hydrogens is 400 g/mol. The van der Waals surface area contributed by atoms with Crippen LogP contribution in [0.4, 0.5) is 0 Å². The lowest BCUT2D eigenvalue weighted by molar-refractivity contribution is -0.121. The predicted molar refractivity (Wildman–Crippen MR) is 118 cm³/mol. The highest BCUT2D eigenvalue weighted by atomic mass is 35.5. The molecule has 0 aliphatic rings. The highest BCUT2D eigenvalue weighted by Gasteiger charge is 2.13. The number of carbonyl (C=O) groups excluding carboxylic acids is 1. The van der Waals surface area contributed by atoms with E-state index in [4.69, 9.17) is 11.6 Å². The van der Waals surface area contributed by atoms with Crippen molar-refractivity contribution in [3.63, 3.8) is 0 Å². The highest BCUT2D eigenvalue weighted by Crippen LogP contribution is 2.19. The summed E-state index contributed by atoms with van der Waals surface area (Å²) >= 11 is 6.48. The minimum atomic E-state index is -0.247. The van der Waals surface area contributed by atoms with E-state index in [1.165, 1.54) is 6.21 Å². The Bertz CT molecular complexity index is 1230. The van der Waals surface area contributed by atoms with Gasteiger partial charge >= 0.3 is 0 Å². The second-order valence-corrected chi connectivity index (χ2v) is 7.32. The fourth-order valence-electron chi connectivity index (χ4n) is 3.32. The Hall–Kier alpha value is -3.45. The van der Waals surface area contributed by atoms with Gasteiger partial charge in [-0.3, -0.25) is 4.79 Å². The largest absolute Gasteiger partial charge is 0.319 e. The van der Waals surface area contributed by atoms with Crippen molar-refractivity contribution in [2.24, 2.45) is 5.10 Å². The molecule has 0 saturated heterocycles. The topological polar surface area (TPSA) is 77.1 Å². The third-order valence-electron chi connectivity index (χ3n) is 4.81. The third-order valence-corrected chi connectivity index (χ3v) is 5.21. The number of para-hydroxylation sites is 2. The number of carbonyl (C=O) groups is 1. The Morgan fingerprint density at radius 1 is 1.13 bits per heavy atom. The van der Waals surface area contributed by atoms with Crippen molar-refractivity contribution >= 4 is 34.8 Å². The summed E-state index contributed by atoms with van der Waals surface area (Å²) < 4.78 is 3.58. The quantitative estimate of drug-likeness (QED) is 0.381. The van der Waals surface area contributed by atoms with Gasteiger partial charge in [0.25, 0.3) is 5.91 Å². The Morgan fingerprint density at radius 3 is 2.67 bits per heavy atom. The van der Waals surface area contributed by atoms with Gasteiger partial charge in [0.15, 0.2) is 0 Å². The number of nitrogens with zero attached hydrogens (tertiary/aromatic N) is 5. The molecule has 152 valence electrons. The lowest BCUT2D eigenvalue weighted by atomic mass is 10.2. The number of rotatable bonds is 6. The molecule has 0 bridgehead atoms. The molecule has 0 aliphatic heterocycles. The molecule has 0 spiro atoms. The Kier molecular flexibility index (Phi) is 5.63. The van der Waals surface area contributed by atoms with E-state index in [2.05, 4.69) is 20.6 Å². The summed E-state index contributed by atoms with van der Waals surface area (Å²) in [6.07, 6.45) is 1.53. The summed E-state index contributed by atoms with van der Waals surface area (Å²) in [5, 5.41) is 9.03. The van der Waals surface area contributed by atoms with Crippen LogP contribution in [0.5, 0.6) is 0 Å². The molecule has 4 rings (SSSR count). The van der Waals surface area contributed by atoms with Crippen LogP contribution in [-0.4, -0.2) is 31.5 Å². The average Bonchev–Trinajstić information content (AvgIpc) is 3.19. The van der Waals surface area contributed by atoms with Crippen LogP contribution < -0.4 is 5.43 Å². The number of halogens is 1. The Morgan fingerprint density at radius 2 is 1.87 bits per heavy atom. The molecule has 2 heterocycles. The molecule has 2 aromatic carbocycles. The number of fused-ring (bicyclic) bond motifs is 1. The molecular formula is C22H21ClN6O. The van der Waals surface area contributed by atoms with Gasteiger partial charge in [0.1, 0.15) is 17.5 Å². The zero-order valence-electron chi connectivity index (χ0n) is 16.7. The molecule has 4 aromatic rings. The summed E-state index contributed by atoms with van der Waals surface area (Å²) in [6.45, 7) is 4.43. The molecule has 2 aromatic heterocycles. The van der Waals surface area contributed by atoms with E-state index in [-0.39, 0.29) is 12.5 Å². The van der Waals surface area contributed by atoms with Crippen LogP contribution >= 0.6 is 11.6 Å². The fourth-order valence-corrected chi connectivity index (χ4v) is 3.60. The Balaban J connectivity index is 1.44. The average molecular weight is 421 g/mol. The van der Waals surface area contributed by atoms with Gasteiger partial charge in [0, 0.05) is 0 Å². The van der Waals surface area contributed by atoms with Crippen molar-refractivity contribution in [2.45, 2.75) is 26.9 Å². The van der Waals surface area contributed by atoms with Gasteiger partial charge < -0.3 is 4.57 Å². The number of aryl methyl sites for hydroxylation is 2. The molecule has 0 radical (unpaired) electrons. The zero-order valence-corrected chi connectivity index (χ0v) is 17.5. The van der Waals surface area contributed by atoms with Crippen LogP contribution in [0.15, 0.2) is 59.7 Å². The van der Waals surface area contributed by atoms with Crippen molar-refractivity contribution in [3.8, 4) is 0 Å². The number of hydrogen-bond acceptors (Lipinski definition) is 4. The minimum absolute atomic E-state index is 0.129. The van der Waals surface area contributed by atoms with Crippen LogP contribution in [0.1, 0.15) is 22.6 Å². The Labute approximate surface area is 179 Å². The van der Waals surface area contributed by atoms with Crippen molar-refractivity contribution in [1.82, 2.24) is 24.8 Å². The van der Waals surface area contributed by atoms with E-state index in [1.807, 2.05) is 73.0 Å². The van der Waals surface area contributed by atoms with Crippen LogP contribution in [0, 0.1) is 13.8 Å². The smallest absolute Gasteiger partial charge is 0.260 e. The van der Waals surface area contributed by atoms with Crippen molar-refractivity contribution < 1.29 is 4.79 Å². The molecule has 0 fully saturated rings. The normalized spacial score (nSPS) is 11.4. The molecule has 0 saturated carbocycles. The number of hydrazone groups is 1. The van der Waals surface area contributed by atoms with Crippen LogP contribution in [0.25, 0.3) is 11.0 Å². The van der Waals surface area contributed by atoms with Crippen molar-refractivity contribution in [3.05, 3.63) is 82.4 Å². The molecule has 8 heteroatoms. The zero-order chi connectivity index (χ0) is 21.1. The van der Waals surface area contributed by atoms with Gasteiger partial charge in [-0.25, -0.2) is 15.1 Å². The van der Waals surface area contributed by atoms with Crippen LogP contribution in [-0.2, 0) is 17.9 Å². The number of hydrogen-bond donors (Lipinski definition) is 1. The first-order valence-corrected chi connectivity index (χ1v) is 9.91. The predicted octanol–water partition coefficient (Wildman–Crippen LogP) is 3.70. The van der Waals surface area contributed by atoms with E-state index < -0.39 is 0 Å². The second kappa shape index (κ2) is 8.51. The summed E-state index contributed by atoms with van der Waals surface area (Å²) in [5.74, 6) is 0.527. The summed E-state index contributed by atoms with van der Waals surface area (Å²) in [4.78, 5) is 16.9. The lowest BCUT2D eigenvalue weighted by Gasteiger charge is -2.05. The molecule has 1 N–H and O–H groups in total. The standard InChI is InChI=1S/C22H21ClN6O/c1-15-18(22(23)29(27-15)13-17-8-4-3-5-9-17)12-24-26-21(30)14-28-16(2)25-19-10-6-7-11-20(19)28/h3-12H,13-14H2,1-2H3,(H,26,30)/b24-12-. The van der Waals surface area contributed by atoms with Gasteiger partial charge in [0.05, 0.1) is 35.1 Å². The van der Waals surface area contributed by atoms with Gasteiger partial charge in [-0.1, -0.05) is 54.1 Å². The van der Waals surface area contributed by atoms with Gasteiger partial charge in [-0.2, -0.15) is 10.2 Å². The van der Waals surface area contributed by atoms with Crippen molar-refractivity contribution in [2.75, 3.05) is 0 Å². The molecule has 30 heavy (non-hydrogen) atoms. The number of imidazole rings is 1. The minimum Gasteiger partial charge on any atom is -0.319 e.